The normalized spacial score (nSPS) is 10.1. The summed E-state index contributed by atoms with van der Waals surface area (Å²) in [6.07, 6.45) is 2.63. The molecule has 1 rings (SSSR count). The third-order valence-corrected chi connectivity index (χ3v) is 2.46. The largest absolute Gasteiger partial charge is 0.382 e. The maximum atomic E-state index is 10.7. The number of nitrogens with zero attached hydrogens (tertiary/aromatic N) is 1. The number of hydrogen-bond donors (Lipinski definition) is 1. The van der Waals surface area contributed by atoms with Gasteiger partial charge in [0.2, 0.25) is 0 Å². The Kier molecular flexibility index (Phi) is 5.87. The van der Waals surface area contributed by atoms with E-state index in [1.54, 1.807) is 18.2 Å². The van der Waals surface area contributed by atoms with Crippen LogP contribution in [0.2, 0.25) is 0 Å². The summed E-state index contributed by atoms with van der Waals surface area (Å²) in [5, 5.41) is 13.8. The second-order valence-electron chi connectivity index (χ2n) is 3.87. The topological polar surface area (TPSA) is 64.4 Å². The average molecular weight is 250 g/mol. The number of rotatable bonds is 8. The van der Waals surface area contributed by atoms with Gasteiger partial charge in [0, 0.05) is 24.4 Å². The van der Waals surface area contributed by atoms with Crippen LogP contribution in [-0.2, 0) is 4.74 Å². The summed E-state index contributed by atoms with van der Waals surface area (Å²) in [6, 6.07) is 4.78. The van der Waals surface area contributed by atoms with Gasteiger partial charge in [-0.2, -0.15) is 0 Å². The Morgan fingerprint density at radius 3 is 2.94 bits per heavy atom. The monoisotopic (exact) mass is 250 g/mol. The molecule has 5 heteroatoms. The van der Waals surface area contributed by atoms with Gasteiger partial charge in [0.1, 0.15) is 0 Å². The molecule has 0 aliphatic rings. The first-order chi connectivity index (χ1) is 8.65. The second-order valence-corrected chi connectivity index (χ2v) is 3.87. The fourth-order valence-electron chi connectivity index (χ4n) is 1.44. The van der Waals surface area contributed by atoms with E-state index in [1.807, 2.05) is 6.92 Å². The average Bonchev–Trinajstić information content (AvgIpc) is 2.35. The molecule has 98 valence electrons. The fraction of sp³-hybridized carbons (Fsp3) is 0.385. The molecule has 0 saturated carbocycles. The predicted octanol–water partition coefficient (Wildman–Crippen LogP) is 2.91. The maximum Gasteiger partial charge on any atom is 0.271 e. The van der Waals surface area contributed by atoms with Gasteiger partial charge in [-0.15, -0.1) is 6.58 Å². The van der Waals surface area contributed by atoms with Gasteiger partial charge in [-0.25, -0.2) is 0 Å². The van der Waals surface area contributed by atoms with E-state index in [2.05, 4.69) is 11.9 Å². The molecule has 0 radical (unpaired) electrons. The number of nitro groups is 1. The van der Waals surface area contributed by atoms with Crippen LogP contribution in [0.5, 0.6) is 0 Å². The summed E-state index contributed by atoms with van der Waals surface area (Å²) < 4.78 is 5.35. The summed E-state index contributed by atoms with van der Waals surface area (Å²) in [7, 11) is 0. The molecule has 1 aromatic rings. The molecule has 1 N–H and O–H groups in total. The Hall–Kier alpha value is -1.88. The first-order valence-electron chi connectivity index (χ1n) is 5.82. The van der Waals surface area contributed by atoms with E-state index < -0.39 is 4.92 Å². The zero-order chi connectivity index (χ0) is 13.4. The van der Waals surface area contributed by atoms with Crippen LogP contribution in [0.15, 0.2) is 30.9 Å². The van der Waals surface area contributed by atoms with Gasteiger partial charge in [-0.05, 0) is 18.9 Å². The van der Waals surface area contributed by atoms with E-state index in [0.717, 1.165) is 17.7 Å². The van der Waals surface area contributed by atoms with Crippen LogP contribution in [0.25, 0.3) is 0 Å². The first-order valence-corrected chi connectivity index (χ1v) is 5.82. The van der Waals surface area contributed by atoms with Crippen LogP contribution < -0.4 is 5.32 Å². The quantitative estimate of drug-likeness (QED) is 0.333. The number of non-ortho nitro benzene ring substituents is 1. The SMILES string of the molecule is C=CCCOCCNc1cc([N+](=O)[O-])ccc1C. The molecule has 0 amide bonds. The smallest absolute Gasteiger partial charge is 0.271 e. The number of nitrogens with one attached hydrogen (secondary N) is 1. The molecule has 0 saturated heterocycles. The van der Waals surface area contributed by atoms with Crippen molar-refractivity contribution in [1.29, 1.82) is 0 Å². The van der Waals surface area contributed by atoms with Crippen molar-refractivity contribution >= 4 is 11.4 Å². The van der Waals surface area contributed by atoms with Gasteiger partial charge < -0.3 is 10.1 Å². The summed E-state index contributed by atoms with van der Waals surface area (Å²) in [6.45, 7) is 7.35. The Bertz CT molecular complexity index is 419. The minimum absolute atomic E-state index is 0.0932. The number of hydrogen-bond acceptors (Lipinski definition) is 4. The van der Waals surface area contributed by atoms with Crippen molar-refractivity contribution in [2.75, 3.05) is 25.1 Å². The van der Waals surface area contributed by atoms with E-state index in [9.17, 15) is 10.1 Å². The summed E-state index contributed by atoms with van der Waals surface area (Å²) in [4.78, 5) is 10.3. The van der Waals surface area contributed by atoms with Crippen molar-refractivity contribution in [2.45, 2.75) is 13.3 Å². The van der Waals surface area contributed by atoms with Gasteiger partial charge >= 0.3 is 0 Å². The highest BCUT2D eigenvalue weighted by molar-refractivity contribution is 5.56. The van der Waals surface area contributed by atoms with Crippen molar-refractivity contribution in [3.8, 4) is 0 Å². The molecule has 0 atom stereocenters. The van der Waals surface area contributed by atoms with Gasteiger partial charge in [-0.1, -0.05) is 12.1 Å². The lowest BCUT2D eigenvalue weighted by Gasteiger charge is -2.09. The van der Waals surface area contributed by atoms with E-state index in [-0.39, 0.29) is 5.69 Å². The zero-order valence-electron chi connectivity index (χ0n) is 10.5. The molecule has 18 heavy (non-hydrogen) atoms. The first kappa shape index (κ1) is 14.2. The van der Waals surface area contributed by atoms with Crippen LogP contribution >= 0.6 is 0 Å². The third-order valence-electron chi connectivity index (χ3n) is 2.46. The van der Waals surface area contributed by atoms with Crippen molar-refractivity contribution in [3.63, 3.8) is 0 Å². The third kappa shape index (κ3) is 4.55. The highest BCUT2D eigenvalue weighted by atomic mass is 16.6. The molecule has 5 nitrogen and oxygen atoms in total. The standard InChI is InChI=1S/C13H18N2O3/c1-3-4-8-18-9-7-14-13-10-12(15(16)17)6-5-11(13)2/h3,5-6,10,14H,1,4,7-9H2,2H3. The van der Waals surface area contributed by atoms with E-state index >= 15 is 0 Å². The molecular weight excluding hydrogens is 232 g/mol. The fourth-order valence-corrected chi connectivity index (χ4v) is 1.44. The van der Waals surface area contributed by atoms with Gasteiger partial charge in [0.15, 0.2) is 0 Å². The predicted molar refractivity (Wildman–Crippen MR) is 72.0 cm³/mol. The molecule has 0 bridgehead atoms. The van der Waals surface area contributed by atoms with Crippen molar-refractivity contribution < 1.29 is 9.66 Å². The van der Waals surface area contributed by atoms with Crippen LogP contribution in [0, 0.1) is 17.0 Å². The van der Waals surface area contributed by atoms with Crippen molar-refractivity contribution in [2.24, 2.45) is 0 Å². The molecular formula is C13H18N2O3. The highest BCUT2D eigenvalue weighted by Crippen LogP contribution is 2.21. The van der Waals surface area contributed by atoms with E-state index in [0.29, 0.717) is 19.8 Å². The molecule has 0 heterocycles. The second kappa shape index (κ2) is 7.45. The van der Waals surface area contributed by atoms with Gasteiger partial charge in [0.25, 0.3) is 5.69 Å². The lowest BCUT2D eigenvalue weighted by molar-refractivity contribution is -0.384. The maximum absolute atomic E-state index is 10.7. The van der Waals surface area contributed by atoms with E-state index in [1.165, 1.54) is 6.07 Å². The molecule has 0 fully saturated rings. The number of aryl methyl sites for hydroxylation is 1. The van der Waals surface area contributed by atoms with Crippen LogP contribution in [0.3, 0.4) is 0 Å². The Morgan fingerprint density at radius 2 is 2.28 bits per heavy atom. The van der Waals surface area contributed by atoms with Gasteiger partial charge in [-0.3, -0.25) is 10.1 Å². The molecule has 0 spiro atoms. The number of ether oxygens (including phenoxy) is 1. The number of nitro benzene ring substituents is 1. The number of benzene rings is 1. The zero-order valence-corrected chi connectivity index (χ0v) is 10.5. The van der Waals surface area contributed by atoms with Crippen LogP contribution in [0.4, 0.5) is 11.4 Å². The molecule has 0 aliphatic heterocycles. The highest BCUT2D eigenvalue weighted by Gasteiger charge is 2.07. The van der Waals surface area contributed by atoms with Crippen LogP contribution in [-0.4, -0.2) is 24.7 Å². The summed E-state index contributed by atoms with van der Waals surface area (Å²) in [5.41, 5.74) is 1.85. The Morgan fingerprint density at radius 1 is 1.50 bits per heavy atom. The lowest BCUT2D eigenvalue weighted by Crippen LogP contribution is -2.10. The molecule has 0 unspecified atom stereocenters. The minimum Gasteiger partial charge on any atom is -0.382 e. The summed E-state index contributed by atoms with van der Waals surface area (Å²) in [5.74, 6) is 0. The van der Waals surface area contributed by atoms with Crippen LogP contribution in [0.1, 0.15) is 12.0 Å². The Labute approximate surface area is 107 Å². The minimum atomic E-state index is -0.398. The summed E-state index contributed by atoms with van der Waals surface area (Å²) >= 11 is 0. The molecule has 0 aliphatic carbocycles. The lowest BCUT2D eigenvalue weighted by atomic mass is 10.2. The van der Waals surface area contributed by atoms with Crippen molar-refractivity contribution in [3.05, 3.63) is 46.5 Å². The van der Waals surface area contributed by atoms with E-state index in [4.69, 9.17) is 4.74 Å². The molecule has 1 aromatic carbocycles. The number of anilines is 1. The van der Waals surface area contributed by atoms with Crippen molar-refractivity contribution in [1.82, 2.24) is 0 Å². The van der Waals surface area contributed by atoms with Gasteiger partial charge in [0.05, 0.1) is 18.1 Å². The molecule has 0 aromatic heterocycles. The Balaban J connectivity index is 2.43.